The lowest BCUT2D eigenvalue weighted by Gasteiger charge is -2.26. The molecule has 0 spiro atoms. The number of likely N-dealkylation sites (tertiary alicyclic amines) is 1. The number of aliphatic carboxylic acids is 1. The van der Waals surface area contributed by atoms with Crippen LogP contribution in [0.25, 0.3) is 0 Å². The molecule has 2 aliphatic rings. The Morgan fingerprint density at radius 1 is 1.00 bits per heavy atom. The van der Waals surface area contributed by atoms with E-state index in [4.69, 9.17) is 0 Å². The summed E-state index contributed by atoms with van der Waals surface area (Å²) in [6, 6.07) is 7.05. The van der Waals surface area contributed by atoms with E-state index in [0.29, 0.717) is 30.5 Å². The van der Waals surface area contributed by atoms with Crippen molar-refractivity contribution in [3.05, 3.63) is 29.8 Å². The summed E-state index contributed by atoms with van der Waals surface area (Å²) in [6.45, 7) is 1.51. The van der Waals surface area contributed by atoms with E-state index in [1.165, 1.54) is 0 Å². The first-order valence-electron chi connectivity index (χ1n) is 8.98. The molecule has 1 aliphatic carbocycles. The Hall–Kier alpha value is -2.37. The van der Waals surface area contributed by atoms with Crippen LogP contribution in [0.2, 0.25) is 0 Å². The number of rotatable bonds is 4. The van der Waals surface area contributed by atoms with Crippen LogP contribution in [0.5, 0.6) is 0 Å². The van der Waals surface area contributed by atoms with Crippen molar-refractivity contribution in [2.75, 3.05) is 18.4 Å². The zero-order valence-electron chi connectivity index (χ0n) is 14.2. The van der Waals surface area contributed by atoms with Gasteiger partial charge in [0.05, 0.1) is 17.2 Å². The molecule has 1 heterocycles. The Labute approximate surface area is 147 Å². The molecule has 25 heavy (non-hydrogen) atoms. The average molecular weight is 344 g/mol. The van der Waals surface area contributed by atoms with Crippen molar-refractivity contribution in [2.24, 2.45) is 11.8 Å². The highest BCUT2D eigenvalue weighted by Gasteiger charge is 2.31. The monoisotopic (exact) mass is 344 g/mol. The number of hydrogen-bond acceptors (Lipinski definition) is 3. The number of amides is 2. The fourth-order valence-electron chi connectivity index (χ4n) is 3.76. The molecule has 1 aliphatic heterocycles. The number of anilines is 1. The van der Waals surface area contributed by atoms with Gasteiger partial charge in [-0.25, -0.2) is 0 Å². The molecule has 2 atom stereocenters. The van der Waals surface area contributed by atoms with E-state index in [-0.39, 0.29) is 17.7 Å². The van der Waals surface area contributed by atoms with E-state index in [1.807, 2.05) is 4.90 Å². The number of carboxylic acids is 1. The van der Waals surface area contributed by atoms with Crippen molar-refractivity contribution in [1.29, 1.82) is 0 Å². The van der Waals surface area contributed by atoms with Crippen LogP contribution in [0.1, 0.15) is 48.9 Å². The summed E-state index contributed by atoms with van der Waals surface area (Å²) in [5.41, 5.74) is 1.02. The SMILES string of the molecule is O=C(O)C1CCCC(C(=O)Nc2ccccc2C(=O)N2CCCC2)C1. The molecule has 2 fully saturated rings. The van der Waals surface area contributed by atoms with Gasteiger partial charge in [0.15, 0.2) is 0 Å². The molecule has 0 radical (unpaired) electrons. The van der Waals surface area contributed by atoms with Crippen LogP contribution < -0.4 is 5.32 Å². The van der Waals surface area contributed by atoms with Gasteiger partial charge in [0.1, 0.15) is 0 Å². The molecule has 2 N–H and O–H groups in total. The van der Waals surface area contributed by atoms with Crippen molar-refractivity contribution >= 4 is 23.5 Å². The van der Waals surface area contributed by atoms with Gasteiger partial charge >= 0.3 is 5.97 Å². The zero-order chi connectivity index (χ0) is 17.8. The number of carbonyl (C=O) groups is 3. The second-order valence-electron chi connectivity index (χ2n) is 6.93. The maximum atomic E-state index is 12.7. The van der Waals surface area contributed by atoms with Gasteiger partial charge in [-0.15, -0.1) is 0 Å². The number of nitrogens with one attached hydrogen (secondary N) is 1. The molecular weight excluding hydrogens is 320 g/mol. The van der Waals surface area contributed by atoms with Crippen molar-refractivity contribution < 1.29 is 19.5 Å². The third kappa shape index (κ3) is 4.00. The molecule has 6 nitrogen and oxygen atoms in total. The number of hydrogen-bond donors (Lipinski definition) is 2. The third-order valence-corrected chi connectivity index (χ3v) is 5.20. The molecular formula is C19H24N2O4. The summed E-state index contributed by atoms with van der Waals surface area (Å²) < 4.78 is 0. The van der Waals surface area contributed by atoms with Crippen molar-refractivity contribution in [3.8, 4) is 0 Å². The molecule has 1 saturated heterocycles. The summed E-state index contributed by atoms with van der Waals surface area (Å²) in [6.07, 6.45) is 4.45. The van der Waals surface area contributed by atoms with Crippen LogP contribution in [0.3, 0.4) is 0 Å². The molecule has 2 amide bonds. The van der Waals surface area contributed by atoms with Crippen molar-refractivity contribution in [3.63, 3.8) is 0 Å². The van der Waals surface area contributed by atoms with E-state index >= 15 is 0 Å². The summed E-state index contributed by atoms with van der Waals surface area (Å²) in [5.74, 6) is -1.84. The van der Waals surface area contributed by atoms with Gasteiger partial charge in [0, 0.05) is 19.0 Å². The van der Waals surface area contributed by atoms with E-state index in [0.717, 1.165) is 32.4 Å². The molecule has 0 bridgehead atoms. The Morgan fingerprint density at radius 3 is 2.40 bits per heavy atom. The minimum absolute atomic E-state index is 0.0551. The quantitative estimate of drug-likeness (QED) is 0.879. The van der Waals surface area contributed by atoms with Crippen LogP contribution in [-0.4, -0.2) is 40.9 Å². The first-order valence-corrected chi connectivity index (χ1v) is 8.98. The summed E-state index contributed by atoms with van der Waals surface area (Å²) in [4.78, 5) is 38.3. The average Bonchev–Trinajstić information content (AvgIpc) is 3.16. The minimum Gasteiger partial charge on any atom is -0.481 e. The van der Waals surface area contributed by atoms with Gasteiger partial charge in [-0.3, -0.25) is 14.4 Å². The minimum atomic E-state index is -0.831. The van der Waals surface area contributed by atoms with Crippen LogP contribution >= 0.6 is 0 Å². The predicted molar refractivity (Wildman–Crippen MR) is 93.3 cm³/mol. The molecule has 1 aromatic carbocycles. The highest BCUT2D eigenvalue weighted by molar-refractivity contribution is 6.04. The topological polar surface area (TPSA) is 86.7 Å². The maximum Gasteiger partial charge on any atom is 0.306 e. The lowest BCUT2D eigenvalue weighted by molar-refractivity contribution is -0.143. The van der Waals surface area contributed by atoms with E-state index in [1.54, 1.807) is 24.3 Å². The van der Waals surface area contributed by atoms with Gasteiger partial charge in [-0.1, -0.05) is 18.6 Å². The number of carbonyl (C=O) groups excluding carboxylic acids is 2. The van der Waals surface area contributed by atoms with Crippen molar-refractivity contribution in [1.82, 2.24) is 4.90 Å². The highest BCUT2D eigenvalue weighted by Crippen LogP contribution is 2.30. The van der Waals surface area contributed by atoms with E-state index in [2.05, 4.69) is 5.32 Å². The molecule has 134 valence electrons. The van der Waals surface area contributed by atoms with Crippen LogP contribution in [0, 0.1) is 11.8 Å². The van der Waals surface area contributed by atoms with Crippen LogP contribution in [-0.2, 0) is 9.59 Å². The second-order valence-corrected chi connectivity index (χ2v) is 6.93. The first kappa shape index (κ1) is 17.5. The van der Waals surface area contributed by atoms with Crippen LogP contribution in [0.4, 0.5) is 5.69 Å². The fourth-order valence-corrected chi connectivity index (χ4v) is 3.76. The molecule has 1 aromatic rings. The fraction of sp³-hybridized carbons (Fsp3) is 0.526. The smallest absolute Gasteiger partial charge is 0.306 e. The second kappa shape index (κ2) is 7.68. The van der Waals surface area contributed by atoms with E-state index in [9.17, 15) is 19.5 Å². The molecule has 3 rings (SSSR count). The van der Waals surface area contributed by atoms with E-state index < -0.39 is 11.9 Å². The zero-order valence-corrected chi connectivity index (χ0v) is 14.2. The normalized spacial score (nSPS) is 23.3. The predicted octanol–water partition coefficient (Wildman–Crippen LogP) is 2.75. The van der Waals surface area contributed by atoms with Gasteiger partial charge in [-0.05, 0) is 44.2 Å². The van der Waals surface area contributed by atoms with Gasteiger partial charge in [0.2, 0.25) is 5.91 Å². The number of benzene rings is 1. The van der Waals surface area contributed by atoms with Crippen LogP contribution in [0.15, 0.2) is 24.3 Å². The summed E-state index contributed by atoms with van der Waals surface area (Å²) in [5, 5.41) is 12.0. The first-order chi connectivity index (χ1) is 12.1. The summed E-state index contributed by atoms with van der Waals surface area (Å²) in [7, 11) is 0. The Bertz CT molecular complexity index is 667. The summed E-state index contributed by atoms with van der Waals surface area (Å²) >= 11 is 0. The lowest BCUT2D eigenvalue weighted by atomic mass is 9.81. The third-order valence-electron chi connectivity index (χ3n) is 5.20. The Morgan fingerprint density at radius 2 is 1.68 bits per heavy atom. The molecule has 0 aromatic heterocycles. The largest absolute Gasteiger partial charge is 0.481 e. The number of carboxylic acid groups (broad SMARTS) is 1. The lowest BCUT2D eigenvalue weighted by Crippen LogP contribution is -2.32. The standard InChI is InChI=1S/C19H24N2O4/c22-17(13-6-5-7-14(12-13)19(24)25)20-16-9-2-1-8-15(16)18(23)21-10-3-4-11-21/h1-2,8-9,13-14H,3-7,10-12H2,(H,20,22)(H,24,25). The van der Waals surface area contributed by atoms with Gasteiger partial charge < -0.3 is 15.3 Å². The van der Waals surface area contributed by atoms with Gasteiger partial charge in [-0.2, -0.15) is 0 Å². The molecule has 1 saturated carbocycles. The number of para-hydroxylation sites is 1. The molecule has 2 unspecified atom stereocenters. The van der Waals surface area contributed by atoms with Crippen molar-refractivity contribution in [2.45, 2.75) is 38.5 Å². The Balaban J connectivity index is 1.71. The molecule has 6 heteroatoms. The Kier molecular flexibility index (Phi) is 5.36. The highest BCUT2D eigenvalue weighted by atomic mass is 16.4. The number of nitrogens with zero attached hydrogens (tertiary/aromatic N) is 1. The maximum absolute atomic E-state index is 12.7. The van der Waals surface area contributed by atoms with Gasteiger partial charge in [0.25, 0.3) is 5.91 Å².